The van der Waals surface area contributed by atoms with Gasteiger partial charge in [-0.05, 0) is 76.5 Å². The van der Waals surface area contributed by atoms with Crippen LogP contribution in [-0.2, 0) is 0 Å². The molecule has 0 spiro atoms. The lowest BCUT2D eigenvalue weighted by Gasteiger charge is -2.43. The highest BCUT2D eigenvalue weighted by Crippen LogP contribution is 2.35. The molecule has 2 saturated heterocycles. The van der Waals surface area contributed by atoms with Crippen molar-refractivity contribution < 1.29 is 0 Å². The molecular weight excluding hydrogens is 258 g/mol. The summed E-state index contributed by atoms with van der Waals surface area (Å²) in [5.74, 6) is 2.74. The molecule has 1 aliphatic carbocycles. The monoisotopic (exact) mass is 293 g/mol. The maximum absolute atomic E-state index is 3.84. The second kappa shape index (κ2) is 6.97. The largest absolute Gasteiger partial charge is 0.311 e. The summed E-state index contributed by atoms with van der Waals surface area (Å²) in [5.41, 5.74) is 0. The fourth-order valence-corrected chi connectivity index (χ4v) is 4.28. The summed E-state index contributed by atoms with van der Waals surface area (Å²) in [4.78, 5) is 5.32. The standard InChI is InChI=1S/C18H35N3/c1-14(2)18-12-19-17(16-4-5-16)13-21(18)11-8-15-6-9-20(3)10-7-15/h14-19H,4-13H2,1-3H3. The number of nitrogens with zero attached hydrogens (tertiary/aromatic N) is 2. The van der Waals surface area contributed by atoms with Crippen LogP contribution in [0.4, 0.5) is 0 Å². The first-order valence-electron chi connectivity index (χ1n) is 9.29. The van der Waals surface area contributed by atoms with Crippen LogP contribution in [0.3, 0.4) is 0 Å². The number of rotatable bonds is 5. The number of piperidine rings is 1. The highest BCUT2D eigenvalue weighted by Gasteiger charge is 2.37. The lowest BCUT2D eigenvalue weighted by Crippen LogP contribution is -2.59. The van der Waals surface area contributed by atoms with Crippen LogP contribution in [0.1, 0.15) is 46.0 Å². The summed E-state index contributed by atoms with van der Waals surface area (Å²) in [6.45, 7) is 11.3. The fourth-order valence-electron chi connectivity index (χ4n) is 4.28. The van der Waals surface area contributed by atoms with Crippen molar-refractivity contribution in [2.24, 2.45) is 17.8 Å². The van der Waals surface area contributed by atoms with Crippen LogP contribution >= 0.6 is 0 Å². The van der Waals surface area contributed by atoms with E-state index in [1.165, 1.54) is 64.8 Å². The van der Waals surface area contributed by atoms with Gasteiger partial charge in [0.1, 0.15) is 0 Å². The topological polar surface area (TPSA) is 18.5 Å². The Morgan fingerprint density at radius 1 is 1.10 bits per heavy atom. The third-order valence-electron chi connectivity index (χ3n) is 6.11. The van der Waals surface area contributed by atoms with E-state index in [-0.39, 0.29) is 0 Å². The molecule has 1 N–H and O–H groups in total. The van der Waals surface area contributed by atoms with Gasteiger partial charge in [0.15, 0.2) is 0 Å². The molecule has 3 nitrogen and oxygen atoms in total. The first-order valence-corrected chi connectivity index (χ1v) is 9.29. The van der Waals surface area contributed by atoms with Crippen molar-refractivity contribution in [1.29, 1.82) is 0 Å². The predicted octanol–water partition coefficient (Wildman–Crippen LogP) is 2.43. The third-order valence-corrected chi connectivity index (χ3v) is 6.11. The van der Waals surface area contributed by atoms with E-state index in [4.69, 9.17) is 0 Å². The third kappa shape index (κ3) is 4.20. The summed E-state index contributed by atoms with van der Waals surface area (Å²) in [5, 5.41) is 3.84. The van der Waals surface area contributed by atoms with Crippen LogP contribution in [0, 0.1) is 17.8 Å². The zero-order valence-corrected chi connectivity index (χ0v) is 14.4. The van der Waals surface area contributed by atoms with Crippen molar-refractivity contribution in [1.82, 2.24) is 15.1 Å². The fraction of sp³-hybridized carbons (Fsp3) is 1.00. The summed E-state index contributed by atoms with van der Waals surface area (Å²) in [7, 11) is 2.27. The van der Waals surface area contributed by atoms with Crippen molar-refractivity contribution in [2.75, 3.05) is 39.8 Å². The Bertz CT molecular complexity index is 318. The van der Waals surface area contributed by atoms with Crippen molar-refractivity contribution in [3.8, 4) is 0 Å². The molecule has 0 radical (unpaired) electrons. The summed E-state index contributed by atoms with van der Waals surface area (Å²) < 4.78 is 0. The average Bonchev–Trinajstić information content (AvgIpc) is 3.31. The Kier molecular flexibility index (Phi) is 5.23. The van der Waals surface area contributed by atoms with Gasteiger partial charge >= 0.3 is 0 Å². The van der Waals surface area contributed by atoms with Gasteiger partial charge in [0.2, 0.25) is 0 Å². The first kappa shape index (κ1) is 15.8. The van der Waals surface area contributed by atoms with E-state index < -0.39 is 0 Å². The van der Waals surface area contributed by atoms with Crippen molar-refractivity contribution in [3.63, 3.8) is 0 Å². The van der Waals surface area contributed by atoms with E-state index >= 15 is 0 Å². The lowest BCUT2D eigenvalue weighted by molar-refractivity contribution is 0.0808. The summed E-state index contributed by atoms with van der Waals surface area (Å²) in [6.07, 6.45) is 7.19. The second-order valence-corrected chi connectivity index (χ2v) is 8.19. The molecule has 1 saturated carbocycles. The van der Waals surface area contributed by atoms with E-state index in [1.54, 1.807) is 0 Å². The van der Waals surface area contributed by atoms with Crippen LogP contribution in [0.15, 0.2) is 0 Å². The van der Waals surface area contributed by atoms with Gasteiger partial charge in [-0.1, -0.05) is 13.8 Å². The van der Waals surface area contributed by atoms with Crippen LogP contribution in [0.25, 0.3) is 0 Å². The molecule has 3 aliphatic rings. The molecule has 3 fully saturated rings. The Morgan fingerprint density at radius 3 is 2.43 bits per heavy atom. The molecule has 3 rings (SSSR count). The van der Waals surface area contributed by atoms with E-state index in [9.17, 15) is 0 Å². The molecule has 0 aromatic carbocycles. The molecule has 21 heavy (non-hydrogen) atoms. The molecule has 0 aromatic rings. The van der Waals surface area contributed by atoms with E-state index in [2.05, 4.69) is 36.0 Å². The predicted molar refractivity (Wildman–Crippen MR) is 89.6 cm³/mol. The van der Waals surface area contributed by atoms with E-state index in [0.29, 0.717) is 0 Å². The van der Waals surface area contributed by atoms with Gasteiger partial charge in [0, 0.05) is 25.2 Å². The minimum absolute atomic E-state index is 0.756. The lowest BCUT2D eigenvalue weighted by atomic mass is 9.91. The second-order valence-electron chi connectivity index (χ2n) is 8.19. The highest BCUT2D eigenvalue weighted by atomic mass is 15.2. The number of likely N-dealkylation sites (tertiary alicyclic amines) is 1. The molecule has 3 heteroatoms. The Morgan fingerprint density at radius 2 is 1.81 bits per heavy atom. The molecule has 122 valence electrons. The average molecular weight is 293 g/mol. The Balaban J connectivity index is 1.49. The highest BCUT2D eigenvalue weighted by molar-refractivity contribution is 4.95. The van der Waals surface area contributed by atoms with Crippen molar-refractivity contribution in [3.05, 3.63) is 0 Å². The van der Waals surface area contributed by atoms with E-state index in [1.807, 2.05) is 0 Å². The van der Waals surface area contributed by atoms with Gasteiger partial charge in [0.05, 0.1) is 0 Å². The van der Waals surface area contributed by atoms with Gasteiger partial charge in [0.25, 0.3) is 0 Å². The van der Waals surface area contributed by atoms with Crippen molar-refractivity contribution >= 4 is 0 Å². The molecule has 2 atom stereocenters. The van der Waals surface area contributed by atoms with Gasteiger partial charge in [-0.15, -0.1) is 0 Å². The quantitative estimate of drug-likeness (QED) is 0.840. The van der Waals surface area contributed by atoms with Crippen LogP contribution < -0.4 is 5.32 Å². The number of nitrogens with one attached hydrogen (secondary N) is 1. The number of hydrogen-bond acceptors (Lipinski definition) is 3. The van der Waals surface area contributed by atoms with Gasteiger partial charge in [-0.3, -0.25) is 4.90 Å². The van der Waals surface area contributed by atoms with Crippen LogP contribution in [0.5, 0.6) is 0 Å². The Labute approximate surface area is 131 Å². The zero-order valence-electron chi connectivity index (χ0n) is 14.4. The SMILES string of the molecule is CC(C)C1CNC(C2CC2)CN1CCC1CCN(C)CC1. The minimum atomic E-state index is 0.756. The molecule has 2 heterocycles. The van der Waals surface area contributed by atoms with Crippen molar-refractivity contribution in [2.45, 2.75) is 58.0 Å². The maximum atomic E-state index is 3.84. The van der Waals surface area contributed by atoms with E-state index in [0.717, 1.165) is 29.8 Å². The zero-order chi connectivity index (χ0) is 14.8. The smallest absolute Gasteiger partial charge is 0.0244 e. The number of piperazine rings is 1. The van der Waals surface area contributed by atoms with Crippen LogP contribution in [0.2, 0.25) is 0 Å². The summed E-state index contributed by atoms with van der Waals surface area (Å²) >= 11 is 0. The molecule has 0 aromatic heterocycles. The normalized spacial score (nSPS) is 33.7. The molecule has 2 aliphatic heterocycles. The van der Waals surface area contributed by atoms with Gasteiger partial charge in [-0.2, -0.15) is 0 Å². The van der Waals surface area contributed by atoms with Crippen LogP contribution in [-0.4, -0.2) is 61.7 Å². The first-order chi connectivity index (χ1) is 10.1. The molecule has 0 amide bonds. The molecule has 2 unspecified atom stereocenters. The number of hydrogen-bond donors (Lipinski definition) is 1. The Hall–Kier alpha value is -0.120. The molecular formula is C18H35N3. The maximum Gasteiger partial charge on any atom is 0.0244 e. The summed E-state index contributed by atoms with van der Waals surface area (Å²) in [6, 6.07) is 1.55. The minimum Gasteiger partial charge on any atom is -0.311 e. The van der Waals surface area contributed by atoms with Gasteiger partial charge < -0.3 is 10.2 Å². The van der Waals surface area contributed by atoms with Gasteiger partial charge in [-0.25, -0.2) is 0 Å². The molecule has 0 bridgehead atoms.